The van der Waals surface area contributed by atoms with Gasteiger partial charge in [0.15, 0.2) is 5.82 Å². The molecule has 2 aromatic rings. The number of nitrogens with zero attached hydrogens (tertiary/aromatic N) is 2. The second kappa shape index (κ2) is 3.55. The van der Waals surface area contributed by atoms with Gasteiger partial charge in [-0.1, -0.05) is 19.1 Å². The standard InChI is InChI=1S/C12H12N2/c1-3-9-14-11-8-6-5-7-10(11)13-12(14)4-2/h2,5-8H,3,9H2,1H3. The SMILES string of the molecule is C#Cc1nc2ccccc2n1CCC. The van der Waals surface area contributed by atoms with Gasteiger partial charge in [-0.15, -0.1) is 6.42 Å². The molecular weight excluding hydrogens is 172 g/mol. The Hall–Kier alpha value is -1.75. The maximum atomic E-state index is 5.41. The predicted molar refractivity (Wildman–Crippen MR) is 58.0 cm³/mol. The smallest absolute Gasteiger partial charge is 0.186 e. The number of para-hydroxylation sites is 2. The van der Waals surface area contributed by atoms with E-state index in [2.05, 4.69) is 28.5 Å². The Morgan fingerprint density at radius 2 is 2.21 bits per heavy atom. The fourth-order valence-corrected chi connectivity index (χ4v) is 1.64. The van der Waals surface area contributed by atoms with Crippen molar-refractivity contribution in [2.45, 2.75) is 19.9 Å². The van der Waals surface area contributed by atoms with E-state index in [0.29, 0.717) is 0 Å². The fraction of sp³-hybridized carbons (Fsp3) is 0.250. The summed E-state index contributed by atoms with van der Waals surface area (Å²) in [7, 11) is 0. The van der Waals surface area contributed by atoms with E-state index in [1.807, 2.05) is 18.2 Å². The van der Waals surface area contributed by atoms with Crippen molar-refractivity contribution >= 4 is 11.0 Å². The van der Waals surface area contributed by atoms with E-state index in [0.717, 1.165) is 29.8 Å². The van der Waals surface area contributed by atoms with Crippen molar-refractivity contribution in [1.29, 1.82) is 0 Å². The molecule has 0 saturated carbocycles. The Balaban J connectivity index is 2.69. The number of imidazole rings is 1. The Morgan fingerprint density at radius 3 is 2.93 bits per heavy atom. The molecule has 0 aliphatic rings. The molecule has 2 heteroatoms. The summed E-state index contributed by atoms with van der Waals surface area (Å²) in [6, 6.07) is 8.03. The second-order valence-electron chi connectivity index (χ2n) is 3.22. The average molecular weight is 184 g/mol. The minimum Gasteiger partial charge on any atom is -0.317 e. The number of aromatic nitrogens is 2. The van der Waals surface area contributed by atoms with Crippen LogP contribution in [0.15, 0.2) is 24.3 Å². The topological polar surface area (TPSA) is 17.8 Å². The van der Waals surface area contributed by atoms with Crippen molar-refractivity contribution in [1.82, 2.24) is 9.55 Å². The van der Waals surface area contributed by atoms with Gasteiger partial charge in [0, 0.05) is 6.54 Å². The maximum absolute atomic E-state index is 5.41. The van der Waals surface area contributed by atoms with Crippen LogP contribution < -0.4 is 0 Å². The Morgan fingerprint density at radius 1 is 1.43 bits per heavy atom. The van der Waals surface area contributed by atoms with Crippen molar-refractivity contribution in [2.75, 3.05) is 0 Å². The molecule has 0 spiro atoms. The van der Waals surface area contributed by atoms with Gasteiger partial charge in [-0.3, -0.25) is 0 Å². The van der Waals surface area contributed by atoms with Crippen molar-refractivity contribution in [2.24, 2.45) is 0 Å². The Bertz CT molecular complexity index is 488. The monoisotopic (exact) mass is 184 g/mol. The van der Waals surface area contributed by atoms with E-state index in [4.69, 9.17) is 6.42 Å². The van der Waals surface area contributed by atoms with Crippen LogP contribution in [-0.4, -0.2) is 9.55 Å². The van der Waals surface area contributed by atoms with Crippen LogP contribution in [0.4, 0.5) is 0 Å². The summed E-state index contributed by atoms with van der Waals surface area (Å²) in [5.41, 5.74) is 2.11. The van der Waals surface area contributed by atoms with Crippen LogP contribution in [0.3, 0.4) is 0 Å². The van der Waals surface area contributed by atoms with Gasteiger partial charge in [0.25, 0.3) is 0 Å². The molecule has 0 atom stereocenters. The molecule has 1 heterocycles. The molecule has 70 valence electrons. The van der Waals surface area contributed by atoms with E-state index < -0.39 is 0 Å². The lowest BCUT2D eigenvalue weighted by atomic mass is 10.3. The summed E-state index contributed by atoms with van der Waals surface area (Å²) in [4.78, 5) is 4.38. The van der Waals surface area contributed by atoms with Gasteiger partial charge in [0.05, 0.1) is 11.0 Å². The number of terminal acetylenes is 1. The largest absolute Gasteiger partial charge is 0.317 e. The lowest BCUT2D eigenvalue weighted by Crippen LogP contribution is -1.99. The number of hydrogen-bond donors (Lipinski definition) is 0. The van der Waals surface area contributed by atoms with Crippen molar-refractivity contribution in [3.8, 4) is 12.3 Å². The lowest BCUT2D eigenvalue weighted by Gasteiger charge is -2.02. The van der Waals surface area contributed by atoms with Crippen LogP contribution in [0.5, 0.6) is 0 Å². The molecule has 2 rings (SSSR count). The molecule has 0 amide bonds. The molecule has 1 aromatic carbocycles. The highest BCUT2D eigenvalue weighted by atomic mass is 15.1. The van der Waals surface area contributed by atoms with Crippen LogP contribution in [0.25, 0.3) is 11.0 Å². The number of aryl methyl sites for hydroxylation is 1. The highest BCUT2D eigenvalue weighted by molar-refractivity contribution is 5.76. The van der Waals surface area contributed by atoms with E-state index in [1.165, 1.54) is 0 Å². The van der Waals surface area contributed by atoms with Gasteiger partial charge in [-0.2, -0.15) is 0 Å². The normalized spacial score (nSPS) is 10.3. The maximum Gasteiger partial charge on any atom is 0.186 e. The molecule has 1 aromatic heterocycles. The average Bonchev–Trinajstić information content (AvgIpc) is 2.58. The van der Waals surface area contributed by atoms with Gasteiger partial charge >= 0.3 is 0 Å². The third-order valence-electron chi connectivity index (χ3n) is 2.23. The molecule has 0 saturated heterocycles. The number of fused-ring (bicyclic) bond motifs is 1. The van der Waals surface area contributed by atoms with Crippen LogP contribution in [0.1, 0.15) is 19.2 Å². The first-order valence-corrected chi connectivity index (χ1v) is 4.78. The summed E-state index contributed by atoms with van der Waals surface area (Å²) in [5.74, 6) is 3.35. The van der Waals surface area contributed by atoms with E-state index >= 15 is 0 Å². The van der Waals surface area contributed by atoms with Crippen molar-refractivity contribution < 1.29 is 0 Å². The quantitative estimate of drug-likeness (QED) is 0.655. The molecule has 0 radical (unpaired) electrons. The zero-order valence-electron chi connectivity index (χ0n) is 8.20. The molecule has 2 nitrogen and oxygen atoms in total. The first-order chi connectivity index (χ1) is 6.86. The van der Waals surface area contributed by atoms with Crippen molar-refractivity contribution in [3.63, 3.8) is 0 Å². The first kappa shape index (κ1) is 8.83. The van der Waals surface area contributed by atoms with E-state index in [1.54, 1.807) is 0 Å². The molecule has 0 fully saturated rings. The molecule has 0 aliphatic heterocycles. The molecule has 14 heavy (non-hydrogen) atoms. The summed E-state index contributed by atoms with van der Waals surface area (Å²) < 4.78 is 2.09. The molecule has 0 aliphatic carbocycles. The van der Waals surface area contributed by atoms with Crippen LogP contribution in [0, 0.1) is 12.3 Å². The third-order valence-corrected chi connectivity index (χ3v) is 2.23. The zero-order valence-corrected chi connectivity index (χ0v) is 8.20. The highest BCUT2D eigenvalue weighted by Crippen LogP contribution is 2.15. The lowest BCUT2D eigenvalue weighted by molar-refractivity contribution is 0.689. The van der Waals surface area contributed by atoms with Crippen LogP contribution in [0.2, 0.25) is 0 Å². The van der Waals surface area contributed by atoms with Gasteiger partial charge in [-0.05, 0) is 24.5 Å². The Labute approximate surface area is 83.6 Å². The number of hydrogen-bond acceptors (Lipinski definition) is 1. The molecule has 0 N–H and O–H groups in total. The summed E-state index contributed by atoms with van der Waals surface area (Å²) >= 11 is 0. The summed E-state index contributed by atoms with van der Waals surface area (Å²) in [6.07, 6.45) is 6.48. The van der Waals surface area contributed by atoms with E-state index in [9.17, 15) is 0 Å². The minimum atomic E-state index is 0.730. The van der Waals surface area contributed by atoms with Gasteiger partial charge < -0.3 is 4.57 Å². The minimum absolute atomic E-state index is 0.730. The summed E-state index contributed by atoms with van der Waals surface area (Å²) in [6.45, 7) is 3.06. The zero-order chi connectivity index (χ0) is 9.97. The fourth-order valence-electron chi connectivity index (χ4n) is 1.64. The Kier molecular flexibility index (Phi) is 2.24. The molecule has 0 unspecified atom stereocenters. The second-order valence-corrected chi connectivity index (χ2v) is 3.22. The van der Waals surface area contributed by atoms with Gasteiger partial charge in [0.2, 0.25) is 0 Å². The van der Waals surface area contributed by atoms with E-state index in [-0.39, 0.29) is 0 Å². The van der Waals surface area contributed by atoms with Crippen LogP contribution in [-0.2, 0) is 6.54 Å². The van der Waals surface area contributed by atoms with Crippen molar-refractivity contribution in [3.05, 3.63) is 30.1 Å². The van der Waals surface area contributed by atoms with Gasteiger partial charge in [0.1, 0.15) is 0 Å². The molecular formula is C12H12N2. The predicted octanol–water partition coefficient (Wildman–Crippen LogP) is 2.43. The number of rotatable bonds is 2. The first-order valence-electron chi connectivity index (χ1n) is 4.78. The highest BCUT2D eigenvalue weighted by Gasteiger charge is 2.06. The van der Waals surface area contributed by atoms with Crippen LogP contribution >= 0.6 is 0 Å². The third kappa shape index (κ3) is 1.27. The van der Waals surface area contributed by atoms with Gasteiger partial charge in [-0.25, -0.2) is 4.98 Å². The molecule has 0 bridgehead atoms. The number of benzene rings is 1. The summed E-state index contributed by atoms with van der Waals surface area (Å²) in [5, 5.41) is 0.